The number of hydroxylamine groups is 1. The molecule has 0 spiro atoms. The van der Waals surface area contributed by atoms with Crippen molar-refractivity contribution in [2.24, 2.45) is 0 Å². The standard InChI is InChI=1S/C22H26N4O5/c1-23-20(27)19(21(28)25-30)26(2)22(29)17-9-7-16(8-10-17)15-5-3-14(4-6-15)11-24-18-12-31-13-18/h3-10,18-19,24,30H,11-13H2,1-2H3,(H,23,27)(H,25,28). The lowest BCUT2D eigenvalue weighted by atomic mass is 10.0. The van der Waals surface area contributed by atoms with E-state index in [2.05, 4.69) is 22.8 Å². The maximum absolute atomic E-state index is 12.7. The molecule has 9 heteroatoms. The van der Waals surface area contributed by atoms with Gasteiger partial charge in [-0.2, -0.15) is 0 Å². The molecule has 0 aromatic heterocycles. The quantitative estimate of drug-likeness (QED) is 0.278. The Hall–Kier alpha value is -3.27. The topological polar surface area (TPSA) is 120 Å². The lowest BCUT2D eigenvalue weighted by molar-refractivity contribution is -0.140. The monoisotopic (exact) mass is 426 g/mol. The molecule has 1 unspecified atom stereocenters. The average Bonchev–Trinajstić information content (AvgIpc) is 2.77. The van der Waals surface area contributed by atoms with Crippen LogP contribution in [-0.4, -0.2) is 67.2 Å². The summed E-state index contributed by atoms with van der Waals surface area (Å²) in [6.45, 7) is 2.29. The molecule has 3 rings (SSSR count). The average molecular weight is 426 g/mol. The van der Waals surface area contributed by atoms with Gasteiger partial charge in [0, 0.05) is 26.2 Å². The van der Waals surface area contributed by atoms with E-state index < -0.39 is 23.8 Å². The van der Waals surface area contributed by atoms with E-state index in [1.54, 1.807) is 24.3 Å². The number of amides is 3. The molecule has 1 saturated heterocycles. The molecule has 2 aromatic carbocycles. The van der Waals surface area contributed by atoms with Crippen LogP contribution in [0.3, 0.4) is 0 Å². The molecule has 9 nitrogen and oxygen atoms in total. The Morgan fingerprint density at radius 1 is 1.03 bits per heavy atom. The fourth-order valence-corrected chi connectivity index (χ4v) is 3.23. The number of benzene rings is 2. The van der Waals surface area contributed by atoms with Crippen molar-refractivity contribution in [3.05, 3.63) is 59.7 Å². The SMILES string of the molecule is CNC(=O)C(C(=O)NO)N(C)C(=O)c1ccc(-c2ccc(CNC3COC3)cc2)cc1. The van der Waals surface area contributed by atoms with Crippen LogP contribution in [-0.2, 0) is 20.9 Å². The van der Waals surface area contributed by atoms with Gasteiger partial charge in [0.05, 0.1) is 19.3 Å². The van der Waals surface area contributed by atoms with E-state index >= 15 is 0 Å². The molecule has 0 saturated carbocycles. The predicted molar refractivity (Wildman–Crippen MR) is 113 cm³/mol. The van der Waals surface area contributed by atoms with Crippen LogP contribution >= 0.6 is 0 Å². The number of hydrogen-bond donors (Lipinski definition) is 4. The molecular weight excluding hydrogens is 400 g/mol. The molecule has 1 aliphatic heterocycles. The van der Waals surface area contributed by atoms with Crippen molar-refractivity contribution in [1.82, 2.24) is 21.0 Å². The summed E-state index contributed by atoms with van der Waals surface area (Å²) < 4.78 is 5.15. The lowest BCUT2D eigenvalue weighted by Crippen LogP contribution is -2.54. The fourth-order valence-electron chi connectivity index (χ4n) is 3.23. The second-order valence-electron chi connectivity index (χ2n) is 7.30. The Morgan fingerprint density at radius 3 is 2.10 bits per heavy atom. The number of hydrogen-bond acceptors (Lipinski definition) is 6. The number of rotatable bonds is 8. The number of carbonyl (C=O) groups is 3. The highest BCUT2D eigenvalue weighted by atomic mass is 16.5. The molecule has 3 amide bonds. The first kappa shape index (κ1) is 22.4. The third-order valence-corrected chi connectivity index (χ3v) is 5.21. The summed E-state index contributed by atoms with van der Waals surface area (Å²) in [6, 6.07) is 14.0. The van der Waals surface area contributed by atoms with E-state index in [-0.39, 0.29) is 0 Å². The first-order valence-electron chi connectivity index (χ1n) is 9.87. The first-order chi connectivity index (χ1) is 14.9. The van der Waals surface area contributed by atoms with Crippen LogP contribution in [0.1, 0.15) is 15.9 Å². The first-order valence-corrected chi connectivity index (χ1v) is 9.87. The largest absolute Gasteiger partial charge is 0.378 e. The van der Waals surface area contributed by atoms with Crippen LogP contribution in [0.25, 0.3) is 11.1 Å². The number of nitrogens with zero attached hydrogens (tertiary/aromatic N) is 1. The molecule has 1 heterocycles. The summed E-state index contributed by atoms with van der Waals surface area (Å²) in [6.07, 6.45) is 0. The van der Waals surface area contributed by atoms with Gasteiger partial charge >= 0.3 is 0 Å². The molecule has 31 heavy (non-hydrogen) atoms. The maximum atomic E-state index is 12.7. The van der Waals surface area contributed by atoms with Crippen molar-refractivity contribution >= 4 is 17.7 Å². The van der Waals surface area contributed by atoms with Crippen LogP contribution in [0.15, 0.2) is 48.5 Å². The van der Waals surface area contributed by atoms with Gasteiger partial charge in [0.25, 0.3) is 17.7 Å². The van der Waals surface area contributed by atoms with Gasteiger partial charge in [-0.15, -0.1) is 0 Å². The molecule has 1 atom stereocenters. The minimum Gasteiger partial charge on any atom is -0.378 e. The van der Waals surface area contributed by atoms with Gasteiger partial charge in [-0.3, -0.25) is 19.6 Å². The van der Waals surface area contributed by atoms with Gasteiger partial charge in [-0.25, -0.2) is 5.48 Å². The van der Waals surface area contributed by atoms with Crippen LogP contribution in [0, 0.1) is 0 Å². The third-order valence-electron chi connectivity index (χ3n) is 5.21. The molecule has 0 aliphatic carbocycles. The normalized spacial score (nSPS) is 14.3. The van der Waals surface area contributed by atoms with E-state index in [0.717, 1.165) is 35.8 Å². The Bertz CT molecular complexity index is 910. The van der Waals surface area contributed by atoms with Crippen LogP contribution in [0.5, 0.6) is 0 Å². The maximum Gasteiger partial charge on any atom is 0.275 e. The number of carbonyl (C=O) groups excluding carboxylic acids is 3. The van der Waals surface area contributed by atoms with Crippen LogP contribution in [0.2, 0.25) is 0 Å². The van der Waals surface area contributed by atoms with E-state index in [9.17, 15) is 14.4 Å². The molecule has 164 valence electrons. The van der Waals surface area contributed by atoms with Crippen molar-refractivity contribution in [2.45, 2.75) is 18.6 Å². The zero-order valence-electron chi connectivity index (χ0n) is 17.4. The Labute approximate surface area is 180 Å². The fraction of sp³-hybridized carbons (Fsp3) is 0.318. The molecule has 4 N–H and O–H groups in total. The van der Waals surface area contributed by atoms with Crippen molar-refractivity contribution in [2.75, 3.05) is 27.3 Å². The molecule has 1 fully saturated rings. The molecule has 2 aromatic rings. The van der Waals surface area contributed by atoms with Crippen molar-refractivity contribution in [1.29, 1.82) is 0 Å². The van der Waals surface area contributed by atoms with E-state index in [4.69, 9.17) is 9.94 Å². The molecule has 0 bridgehead atoms. The zero-order chi connectivity index (χ0) is 22.4. The van der Waals surface area contributed by atoms with Gasteiger partial charge in [0.1, 0.15) is 0 Å². The highest BCUT2D eigenvalue weighted by Gasteiger charge is 2.33. The minimum atomic E-state index is -1.49. The van der Waals surface area contributed by atoms with E-state index in [1.165, 1.54) is 25.1 Å². The second-order valence-corrected chi connectivity index (χ2v) is 7.30. The zero-order valence-corrected chi connectivity index (χ0v) is 17.4. The summed E-state index contributed by atoms with van der Waals surface area (Å²) in [5, 5.41) is 14.6. The summed E-state index contributed by atoms with van der Waals surface area (Å²) in [4.78, 5) is 37.5. The Kier molecular flexibility index (Phi) is 7.35. The summed E-state index contributed by atoms with van der Waals surface area (Å²) in [5.41, 5.74) is 4.84. The molecule has 1 aliphatic rings. The number of nitrogens with one attached hydrogen (secondary N) is 3. The third kappa shape index (κ3) is 5.26. The second kappa shape index (κ2) is 10.2. The van der Waals surface area contributed by atoms with Crippen LogP contribution < -0.4 is 16.1 Å². The summed E-state index contributed by atoms with van der Waals surface area (Å²) in [5.74, 6) is -2.23. The highest BCUT2D eigenvalue weighted by molar-refractivity contribution is 6.08. The van der Waals surface area contributed by atoms with Crippen molar-refractivity contribution in [3.8, 4) is 11.1 Å². The van der Waals surface area contributed by atoms with E-state index in [0.29, 0.717) is 11.6 Å². The van der Waals surface area contributed by atoms with Gasteiger partial charge in [0.2, 0.25) is 0 Å². The van der Waals surface area contributed by atoms with Crippen molar-refractivity contribution < 1.29 is 24.3 Å². The molecule has 0 radical (unpaired) electrons. The smallest absolute Gasteiger partial charge is 0.275 e. The Balaban J connectivity index is 1.67. The predicted octanol–water partition coefficient (Wildman–Crippen LogP) is 0.534. The van der Waals surface area contributed by atoms with Gasteiger partial charge in [0.15, 0.2) is 6.04 Å². The summed E-state index contributed by atoms with van der Waals surface area (Å²) >= 11 is 0. The number of likely N-dealkylation sites (N-methyl/N-ethyl adjacent to an activating group) is 2. The molecular formula is C22H26N4O5. The summed E-state index contributed by atoms with van der Waals surface area (Å²) in [7, 11) is 2.67. The van der Waals surface area contributed by atoms with Gasteiger partial charge < -0.3 is 20.3 Å². The van der Waals surface area contributed by atoms with Gasteiger partial charge in [-0.05, 0) is 28.8 Å². The Morgan fingerprint density at radius 2 is 1.61 bits per heavy atom. The number of ether oxygens (including phenoxy) is 1. The lowest BCUT2D eigenvalue weighted by Gasteiger charge is -2.27. The van der Waals surface area contributed by atoms with Gasteiger partial charge in [-0.1, -0.05) is 36.4 Å². The van der Waals surface area contributed by atoms with Crippen LogP contribution in [0.4, 0.5) is 0 Å². The highest BCUT2D eigenvalue weighted by Crippen LogP contribution is 2.21. The van der Waals surface area contributed by atoms with E-state index in [1.807, 2.05) is 12.1 Å². The minimum absolute atomic E-state index is 0.314. The van der Waals surface area contributed by atoms with Crippen molar-refractivity contribution in [3.63, 3.8) is 0 Å².